The van der Waals surface area contributed by atoms with Gasteiger partial charge in [0.2, 0.25) is 0 Å². The Kier molecular flexibility index (Phi) is 3.80. The van der Waals surface area contributed by atoms with Crippen LogP contribution in [-0.4, -0.2) is 23.2 Å². The Bertz CT molecular complexity index is 334. The molecule has 1 atom stereocenters. The molecule has 0 saturated carbocycles. The van der Waals surface area contributed by atoms with E-state index < -0.39 is 0 Å². The Balaban J connectivity index is 1.94. The minimum absolute atomic E-state index is 0.255. The lowest BCUT2D eigenvalue weighted by molar-refractivity contribution is 0.133. The standard InChI is InChI=1S/C13H20N2O/c1-11(12-6-5-7-13(16)10-12)14-15-8-3-2-4-9-15/h5-7,10-11,14,16H,2-4,8-9H2,1H3. The fourth-order valence-electron chi connectivity index (χ4n) is 2.17. The van der Waals surface area contributed by atoms with Gasteiger partial charge >= 0.3 is 0 Å². The second-order valence-corrected chi connectivity index (χ2v) is 4.49. The number of hydrogen-bond donors (Lipinski definition) is 2. The molecule has 0 amide bonds. The molecule has 1 aromatic carbocycles. The fraction of sp³-hybridized carbons (Fsp3) is 0.538. The van der Waals surface area contributed by atoms with Crippen LogP contribution >= 0.6 is 0 Å². The SMILES string of the molecule is CC(NN1CCCCC1)c1cccc(O)c1. The molecule has 0 aromatic heterocycles. The van der Waals surface area contributed by atoms with Gasteiger partial charge in [-0.3, -0.25) is 0 Å². The third-order valence-electron chi connectivity index (χ3n) is 3.10. The molecule has 1 aromatic rings. The van der Waals surface area contributed by atoms with E-state index in [1.165, 1.54) is 19.3 Å². The van der Waals surface area contributed by atoms with Crippen LogP contribution in [0.4, 0.5) is 0 Å². The molecule has 1 unspecified atom stereocenters. The average molecular weight is 220 g/mol. The summed E-state index contributed by atoms with van der Waals surface area (Å²) in [6, 6.07) is 7.71. The van der Waals surface area contributed by atoms with Gasteiger partial charge in [-0.15, -0.1) is 0 Å². The largest absolute Gasteiger partial charge is 0.508 e. The smallest absolute Gasteiger partial charge is 0.115 e. The second kappa shape index (κ2) is 5.32. The minimum Gasteiger partial charge on any atom is -0.508 e. The molecule has 0 spiro atoms. The summed E-state index contributed by atoms with van der Waals surface area (Å²) in [5, 5.41) is 11.7. The van der Waals surface area contributed by atoms with Crippen molar-refractivity contribution in [2.45, 2.75) is 32.2 Å². The lowest BCUT2D eigenvalue weighted by atomic mass is 10.1. The highest BCUT2D eigenvalue weighted by Gasteiger charge is 2.13. The van der Waals surface area contributed by atoms with E-state index in [4.69, 9.17) is 0 Å². The first-order valence-electron chi connectivity index (χ1n) is 6.06. The maximum absolute atomic E-state index is 9.43. The number of nitrogens with zero attached hydrogens (tertiary/aromatic N) is 1. The number of phenolic OH excluding ortho intramolecular Hbond substituents is 1. The van der Waals surface area contributed by atoms with E-state index in [1.807, 2.05) is 18.2 Å². The first kappa shape index (κ1) is 11.4. The molecule has 3 nitrogen and oxygen atoms in total. The number of hydrazine groups is 1. The number of aromatic hydroxyl groups is 1. The van der Waals surface area contributed by atoms with Crippen molar-refractivity contribution in [1.29, 1.82) is 0 Å². The Hall–Kier alpha value is -1.06. The topological polar surface area (TPSA) is 35.5 Å². The van der Waals surface area contributed by atoms with Crippen molar-refractivity contribution >= 4 is 0 Å². The number of hydrogen-bond acceptors (Lipinski definition) is 3. The number of rotatable bonds is 3. The van der Waals surface area contributed by atoms with Gasteiger partial charge in [0.15, 0.2) is 0 Å². The van der Waals surface area contributed by atoms with Crippen molar-refractivity contribution in [2.24, 2.45) is 0 Å². The zero-order valence-corrected chi connectivity index (χ0v) is 9.82. The Morgan fingerprint density at radius 2 is 2.00 bits per heavy atom. The maximum atomic E-state index is 9.43. The van der Waals surface area contributed by atoms with Crippen LogP contribution in [0.5, 0.6) is 5.75 Å². The summed E-state index contributed by atoms with van der Waals surface area (Å²) >= 11 is 0. The number of benzene rings is 1. The van der Waals surface area contributed by atoms with Crippen LogP contribution in [0.1, 0.15) is 37.8 Å². The van der Waals surface area contributed by atoms with Gasteiger partial charge in [-0.25, -0.2) is 10.4 Å². The summed E-state index contributed by atoms with van der Waals surface area (Å²) in [5.41, 5.74) is 4.61. The third kappa shape index (κ3) is 2.97. The number of nitrogens with one attached hydrogen (secondary N) is 1. The van der Waals surface area contributed by atoms with Crippen molar-refractivity contribution in [3.8, 4) is 5.75 Å². The van der Waals surface area contributed by atoms with Gasteiger partial charge in [-0.05, 0) is 37.5 Å². The van der Waals surface area contributed by atoms with Gasteiger partial charge in [0.25, 0.3) is 0 Å². The second-order valence-electron chi connectivity index (χ2n) is 4.49. The van der Waals surface area contributed by atoms with Gasteiger partial charge in [0.1, 0.15) is 5.75 Å². The molecule has 16 heavy (non-hydrogen) atoms. The predicted octanol–water partition coefficient (Wildman–Crippen LogP) is 2.44. The summed E-state index contributed by atoms with van der Waals surface area (Å²) in [5.74, 6) is 0.338. The summed E-state index contributed by atoms with van der Waals surface area (Å²) in [7, 11) is 0. The summed E-state index contributed by atoms with van der Waals surface area (Å²) in [6.45, 7) is 4.38. The zero-order valence-electron chi connectivity index (χ0n) is 9.82. The molecule has 0 radical (unpaired) electrons. The van der Waals surface area contributed by atoms with E-state index in [0.717, 1.165) is 18.7 Å². The quantitative estimate of drug-likeness (QED) is 0.821. The number of phenols is 1. The van der Waals surface area contributed by atoms with Crippen LogP contribution in [0.25, 0.3) is 0 Å². The first-order valence-corrected chi connectivity index (χ1v) is 6.06. The lowest BCUT2D eigenvalue weighted by Gasteiger charge is -2.30. The molecule has 0 bridgehead atoms. The normalized spacial score (nSPS) is 19.6. The fourth-order valence-corrected chi connectivity index (χ4v) is 2.17. The molecule has 1 saturated heterocycles. The third-order valence-corrected chi connectivity index (χ3v) is 3.10. The molecular weight excluding hydrogens is 200 g/mol. The molecule has 88 valence electrons. The molecule has 2 N–H and O–H groups in total. The predicted molar refractivity (Wildman–Crippen MR) is 65.1 cm³/mol. The molecule has 2 rings (SSSR count). The molecule has 1 heterocycles. The highest BCUT2D eigenvalue weighted by Crippen LogP contribution is 2.19. The molecule has 0 aliphatic carbocycles. The van der Waals surface area contributed by atoms with Gasteiger partial charge in [0.05, 0.1) is 0 Å². The van der Waals surface area contributed by atoms with E-state index in [0.29, 0.717) is 5.75 Å². The van der Waals surface area contributed by atoms with E-state index in [9.17, 15) is 5.11 Å². The Morgan fingerprint density at radius 1 is 1.25 bits per heavy atom. The van der Waals surface area contributed by atoms with Crippen molar-refractivity contribution in [2.75, 3.05) is 13.1 Å². The molecular formula is C13H20N2O. The average Bonchev–Trinajstić information content (AvgIpc) is 2.30. The molecule has 1 fully saturated rings. The van der Waals surface area contributed by atoms with Crippen molar-refractivity contribution in [1.82, 2.24) is 10.4 Å². The maximum Gasteiger partial charge on any atom is 0.115 e. The van der Waals surface area contributed by atoms with Crippen molar-refractivity contribution in [3.63, 3.8) is 0 Å². The summed E-state index contributed by atoms with van der Waals surface area (Å²) in [4.78, 5) is 0. The van der Waals surface area contributed by atoms with Gasteiger partial charge in [-0.1, -0.05) is 18.6 Å². The van der Waals surface area contributed by atoms with Crippen molar-refractivity contribution < 1.29 is 5.11 Å². The Morgan fingerprint density at radius 3 is 2.69 bits per heavy atom. The van der Waals surface area contributed by atoms with Crippen LogP contribution < -0.4 is 5.43 Å². The van der Waals surface area contributed by atoms with Crippen LogP contribution in [0.2, 0.25) is 0 Å². The molecule has 1 aliphatic rings. The van der Waals surface area contributed by atoms with Crippen LogP contribution in [-0.2, 0) is 0 Å². The van der Waals surface area contributed by atoms with Gasteiger partial charge < -0.3 is 5.11 Å². The first-order chi connectivity index (χ1) is 7.75. The Labute approximate surface area is 97.1 Å². The van der Waals surface area contributed by atoms with E-state index in [1.54, 1.807) is 6.07 Å². The summed E-state index contributed by atoms with van der Waals surface area (Å²) < 4.78 is 0. The number of piperidine rings is 1. The zero-order chi connectivity index (χ0) is 11.4. The van der Waals surface area contributed by atoms with E-state index >= 15 is 0 Å². The van der Waals surface area contributed by atoms with Gasteiger partial charge in [-0.2, -0.15) is 0 Å². The molecule has 3 heteroatoms. The summed E-state index contributed by atoms with van der Waals surface area (Å²) in [6.07, 6.45) is 3.90. The monoisotopic (exact) mass is 220 g/mol. The van der Waals surface area contributed by atoms with Crippen LogP contribution in [0, 0.1) is 0 Å². The van der Waals surface area contributed by atoms with Crippen LogP contribution in [0.15, 0.2) is 24.3 Å². The van der Waals surface area contributed by atoms with E-state index in [2.05, 4.69) is 17.4 Å². The highest BCUT2D eigenvalue weighted by molar-refractivity contribution is 5.28. The molecule has 1 aliphatic heterocycles. The highest BCUT2D eigenvalue weighted by atomic mass is 16.3. The van der Waals surface area contributed by atoms with Gasteiger partial charge in [0, 0.05) is 19.1 Å². The van der Waals surface area contributed by atoms with Crippen molar-refractivity contribution in [3.05, 3.63) is 29.8 Å². The van der Waals surface area contributed by atoms with Crippen LogP contribution in [0.3, 0.4) is 0 Å². The minimum atomic E-state index is 0.255. The lowest BCUT2D eigenvalue weighted by Crippen LogP contribution is -2.42. The van der Waals surface area contributed by atoms with E-state index in [-0.39, 0.29) is 6.04 Å².